The molecule has 0 aliphatic heterocycles. The molecule has 0 saturated heterocycles. The van der Waals surface area contributed by atoms with Gasteiger partial charge in [-0.05, 0) is 28.9 Å². The Kier molecular flexibility index (Phi) is 3.62. The molecule has 0 aliphatic carbocycles. The van der Waals surface area contributed by atoms with Crippen LogP contribution in [0, 0.1) is 0 Å². The number of nitrogens with zero attached hydrogens (tertiary/aromatic N) is 1. The molecule has 0 bridgehead atoms. The van der Waals surface area contributed by atoms with Crippen LogP contribution in [-0.4, -0.2) is 4.57 Å². The van der Waals surface area contributed by atoms with Crippen LogP contribution in [-0.2, 0) is 12.7 Å². The summed E-state index contributed by atoms with van der Waals surface area (Å²) in [7, 11) is 0. The number of hydrogen-bond donors (Lipinski definition) is 0. The first-order valence-corrected chi connectivity index (χ1v) is 5.12. The number of aromatic nitrogens is 1. The van der Waals surface area contributed by atoms with Gasteiger partial charge in [0, 0.05) is 12.7 Å². The Bertz CT molecular complexity index is 476. The Hall–Kier alpha value is -1.04. The lowest BCUT2D eigenvalue weighted by atomic mass is 10.2. The van der Waals surface area contributed by atoms with Crippen LogP contribution in [0.3, 0.4) is 0 Å². The van der Waals surface area contributed by atoms with E-state index in [1.54, 1.807) is 6.92 Å². The third kappa shape index (κ3) is 2.98. The zero-order chi connectivity index (χ0) is 12.5. The summed E-state index contributed by atoms with van der Waals surface area (Å²) in [6, 6.07) is 0.775. The summed E-state index contributed by atoms with van der Waals surface area (Å²) >= 11 is 2.82. The van der Waals surface area contributed by atoms with E-state index < -0.39 is 17.3 Å². The van der Waals surface area contributed by atoms with Gasteiger partial charge in [0.15, 0.2) is 0 Å². The Morgan fingerprint density at radius 3 is 2.56 bits per heavy atom. The summed E-state index contributed by atoms with van der Waals surface area (Å²) in [5, 5.41) is 0. The molecule has 1 aromatic rings. The lowest BCUT2D eigenvalue weighted by Gasteiger charge is -2.11. The number of pyridine rings is 1. The number of allylic oxidation sites excluding steroid dienone is 1. The maximum absolute atomic E-state index is 12.5. The predicted molar refractivity (Wildman–Crippen MR) is 58.2 cm³/mol. The summed E-state index contributed by atoms with van der Waals surface area (Å²) < 4.78 is 38.2. The molecule has 0 N–H and O–H groups in total. The van der Waals surface area contributed by atoms with Crippen LogP contribution in [0.5, 0.6) is 0 Å². The summed E-state index contributed by atoms with van der Waals surface area (Å²) in [6.07, 6.45) is -3.67. The third-order valence-electron chi connectivity index (χ3n) is 1.81. The average molecular weight is 296 g/mol. The van der Waals surface area contributed by atoms with E-state index in [1.807, 2.05) is 0 Å². The summed E-state index contributed by atoms with van der Waals surface area (Å²) in [6.45, 7) is 5.27. The van der Waals surface area contributed by atoms with Gasteiger partial charge in [0.1, 0.15) is 0 Å². The monoisotopic (exact) mass is 295 g/mol. The summed E-state index contributed by atoms with van der Waals surface area (Å²) in [5.74, 6) is 0. The second-order valence-electron chi connectivity index (χ2n) is 3.46. The summed E-state index contributed by atoms with van der Waals surface area (Å²) in [5.41, 5.74) is -0.760. The summed E-state index contributed by atoms with van der Waals surface area (Å²) in [4.78, 5) is 11.5. The smallest absolute Gasteiger partial charge is 0.310 e. The topological polar surface area (TPSA) is 22.0 Å². The molecule has 0 amide bonds. The molecular formula is C10H9BrF3NO. The van der Waals surface area contributed by atoms with Crippen molar-refractivity contribution < 1.29 is 13.2 Å². The molecule has 6 heteroatoms. The zero-order valence-electron chi connectivity index (χ0n) is 8.44. The van der Waals surface area contributed by atoms with Gasteiger partial charge in [-0.3, -0.25) is 4.79 Å². The highest BCUT2D eigenvalue weighted by Gasteiger charge is 2.31. The van der Waals surface area contributed by atoms with Crippen molar-refractivity contribution in [3.05, 3.63) is 44.8 Å². The molecule has 0 spiro atoms. The van der Waals surface area contributed by atoms with E-state index in [1.165, 1.54) is 0 Å². The van der Waals surface area contributed by atoms with Gasteiger partial charge in [0.2, 0.25) is 0 Å². The third-order valence-corrected chi connectivity index (χ3v) is 2.38. The van der Waals surface area contributed by atoms with Gasteiger partial charge in [0.25, 0.3) is 5.56 Å². The number of alkyl halides is 3. The molecule has 0 aliphatic rings. The molecule has 0 unspecified atom stereocenters. The van der Waals surface area contributed by atoms with Gasteiger partial charge in [-0.1, -0.05) is 12.2 Å². The number of halogens is 4. The Morgan fingerprint density at radius 1 is 1.56 bits per heavy atom. The maximum Gasteiger partial charge on any atom is 0.417 e. The molecule has 0 saturated carbocycles. The van der Waals surface area contributed by atoms with Crippen molar-refractivity contribution in [3.63, 3.8) is 0 Å². The van der Waals surface area contributed by atoms with Crippen LogP contribution in [0.15, 0.2) is 33.7 Å². The Labute approximate surface area is 98.5 Å². The van der Waals surface area contributed by atoms with E-state index in [0.29, 0.717) is 5.57 Å². The highest BCUT2D eigenvalue weighted by atomic mass is 79.9. The fourth-order valence-electron chi connectivity index (χ4n) is 1.16. The van der Waals surface area contributed by atoms with E-state index in [-0.39, 0.29) is 11.0 Å². The fourth-order valence-corrected chi connectivity index (χ4v) is 1.64. The van der Waals surface area contributed by atoms with Crippen molar-refractivity contribution in [1.82, 2.24) is 4.57 Å². The van der Waals surface area contributed by atoms with Crippen LogP contribution in [0.1, 0.15) is 12.5 Å². The minimum absolute atomic E-state index is 0.0708. The van der Waals surface area contributed by atoms with E-state index in [2.05, 4.69) is 22.5 Å². The maximum atomic E-state index is 12.5. The molecule has 0 fully saturated rings. The van der Waals surface area contributed by atoms with Gasteiger partial charge in [-0.25, -0.2) is 0 Å². The van der Waals surface area contributed by atoms with Crippen molar-refractivity contribution in [1.29, 1.82) is 0 Å². The molecule has 0 atom stereocenters. The Balaban J connectivity index is 3.33. The van der Waals surface area contributed by atoms with Crippen LogP contribution < -0.4 is 5.56 Å². The zero-order valence-corrected chi connectivity index (χ0v) is 10.0. The largest absolute Gasteiger partial charge is 0.417 e. The van der Waals surface area contributed by atoms with Gasteiger partial charge in [-0.15, -0.1) is 0 Å². The minimum atomic E-state index is -4.47. The number of hydrogen-bond acceptors (Lipinski definition) is 1. The normalized spacial score (nSPS) is 11.6. The molecule has 1 rings (SSSR count). The van der Waals surface area contributed by atoms with Crippen molar-refractivity contribution in [2.75, 3.05) is 0 Å². The first kappa shape index (κ1) is 13.0. The highest BCUT2D eigenvalue weighted by Crippen LogP contribution is 2.29. The SMILES string of the molecule is C=C(C)Cn1cc(C(F)(F)F)cc(Br)c1=O. The van der Waals surface area contributed by atoms with Crippen molar-refractivity contribution >= 4 is 15.9 Å². The van der Waals surface area contributed by atoms with E-state index in [9.17, 15) is 18.0 Å². The second kappa shape index (κ2) is 4.45. The minimum Gasteiger partial charge on any atom is -0.310 e. The van der Waals surface area contributed by atoms with E-state index in [0.717, 1.165) is 16.8 Å². The van der Waals surface area contributed by atoms with Gasteiger partial charge < -0.3 is 4.57 Å². The first-order valence-electron chi connectivity index (χ1n) is 4.33. The lowest BCUT2D eigenvalue weighted by molar-refractivity contribution is -0.138. The molecule has 1 heterocycles. The Morgan fingerprint density at radius 2 is 2.12 bits per heavy atom. The van der Waals surface area contributed by atoms with E-state index >= 15 is 0 Å². The fraction of sp³-hybridized carbons (Fsp3) is 0.300. The van der Waals surface area contributed by atoms with Crippen LogP contribution in [0.4, 0.5) is 13.2 Å². The molecule has 0 aromatic carbocycles. The van der Waals surface area contributed by atoms with Crippen molar-refractivity contribution in [3.8, 4) is 0 Å². The van der Waals surface area contributed by atoms with Crippen molar-refractivity contribution in [2.24, 2.45) is 0 Å². The molecule has 1 aromatic heterocycles. The second-order valence-corrected chi connectivity index (χ2v) is 4.32. The molecule has 0 radical (unpaired) electrons. The molecule has 16 heavy (non-hydrogen) atoms. The lowest BCUT2D eigenvalue weighted by Crippen LogP contribution is -2.23. The molecule has 88 valence electrons. The van der Waals surface area contributed by atoms with Gasteiger partial charge in [-0.2, -0.15) is 13.2 Å². The molecular weight excluding hydrogens is 287 g/mol. The standard InChI is InChI=1S/C10H9BrF3NO/c1-6(2)4-15-5-7(10(12,13)14)3-8(11)9(15)16/h3,5H,1,4H2,2H3. The highest BCUT2D eigenvalue weighted by molar-refractivity contribution is 9.10. The van der Waals surface area contributed by atoms with Gasteiger partial charge >= 0.3 is 6.18 Å². The van der Waals surface area contributed by atoms with Crippen LogP contribution in [0.25, 0.3) is 0 Å². The van der Waals surface area contributed by atoms with Crippen LogP contribution in [0.2, 0.25) is 0 Å². The first-order chi connectivity index (χ1) is 7.21. The number of rotatable bonds is 2. The van der Waals surface area contributed by atoms with Crippen molar-refractivity contribution in [2.45, 2.75) is 19.6 Å². The van der Waals surface area contributed by atoms with Crippen LogP contribution >= 0.6 is 15.9 Å². The average Bonchev–Trinajstić information content (AvgIpc) is 2.10. The molecule has 2 nitrogen and oxygen atoms in total. The van der Waals surface area contributed by atoms with Gasteiger partial charge in [0.05, 0.1) is 10.0 Å². The quantitative estimate of drug-likeness (QED) is 0.768. The predicted octanol–water partition coefficient (Wildman–Crippen LogP) is 3.21. The van der Waals surface area contributed by atoms with E-state index in [4.69, 9.17) is 0 Å².